The van der Waals surface area contributed by atoms with Gasteiger partial charge in [-0.2, -0.15) is 4.57 Å². The molecule has 4 rings (SSSR count). The monoisotopic (exact) mass is 579 g/mol. The Labute approximate surface area is 228 Å². The number of nitrogen functional groups attached to an aromatic ring is 1. The maximum atomic E-state index is 13.0. The number of aromatic nitrogens is 2. The number of nitrogens with two attached hydrogens (primary N) is 1. The molecule has 13 nitrogen and oxygen atoms in total. The zero-order chi connectivity index (χ0) is 27.4. The number of amides is 2. The summed E-state index contributed by atoms with van der Waals surface area (Å²) in [5.41, 5.74) is 6.11. The van der Waals surface area contributed by atoms with Gasteiger partial charge in [0.15, 0.2) is 17.0 Å². The van der Waals surface area contributed by atoms with Crippen LogP contribution in [-0.2, 0) is 30.6 Å². The summed E-state index contributed by atoms with van der Waals surface area (Å²) in [6, 6.07) is 4.24. The molecule has 2 aliphatic heterocycles. The van der Waals surface area contributed by atoms with Gasteiger partial charge in [-0.1, -0.05) is 16.9 Å². The van der Waals surface area contributed by atoms with Gasteiger partial charge in [-0.25, -0.2) is 14.6 Å². The third-order valence-electron chi connectivity index (χ3n) is 5.40. The van der Waals surface area contributed by atoms with Crippen LogP contribution >= 0.6 is 34.9 Å². The lowest BCUT2D eigenvalue weighted by Crippen LogP contribution is -2.71. The SMILES string of the molecule is CCO/N=C(\C(=O)N[C@@H]1C(=O)N2C(C(=O)O)=C(CSc3cccc[n+]3CC(=O)O)CS[C@H]12)c1csc(N)n1. The van der Waals surface area contributed by atoms with E-state index in [9.17, 15) is 24.3 Å². The van der Waals surface area contributed by atoms with Crippen molar-refractivity contribution in [3.05, 3.63) is 46.7 Å². The molecule has 2 amide bonds. The van der Waals surface area contributed by atoms with Crippen LogP contribution in [0.5, 0.6) is 0 Å². The molecule has 200 valence electrons. The molecule has 2 aromatic rings. The molecular formula is C22H23N6O7S3+. The molecule has 0 spiro atoms. The van der Waals surface area contributed by atoms with E-state index in [-0.39, 0.29) is 41.1 Å². The Morgan fingerprint density at radius 1 is 1.37 bits per heavy atom. The van der Waals surface area contributed by atoms with Gasteiger partial charge in [0.05, 0.1) is 0 Å². The molecule has 1 saturated heterocycles. The Morgan fingerprint density at radius 3 is 2.82 bits per heavy atom. The van der Waals surface area contributed by atoms with Crippen molar-refractivity contribution < 1.29 is 38.8 Å². The first-order valence-electron chi connectivity index (χ1n) is 11.2. The van der Waals surface area contributed by atoms with Crippen molar-refractivity contribution in [1.82, 2.24) is 15.2 Å². The van der Waals surface area contributed by atoms with Gasteiger partial charge in [0.2, 0.25) is 11.6 Å². The molecule has 0 unspecified atom stereocenters. The molecule has 1 fully saturated rings. The number of pyridine rings is 1. The van der Waals surface area contributed by atoms with E-state index < -0.39 is 35.2 Å². The number of thiazole rings is 1. The van der Waals surface area contributed by atoms with Crippen LogP contribution < -0.4 is 15.6 Å². The van der Waals surface area contributed by atoms with Crippen molar-refractivity contribution in [2.75, 3.05) is 23.8 Å². The number of hydrogen-bond donors (Lipinski definition) is 4. The molecule has 0 bridgehead atoms. The highest BCUT2D eigenvalue weighted by atomic mass is 32.2. The molecular weight excluding hydrogens is 556 g/mol. The summed E-state index contributed by atoms with van der Waals surface area (Å²) in [4.78, 5) is 59.6. The van der Waals surface area contributed by atoms with Gasteiger partial charge in [-0.05, 0) is 18.6 Å². The minimum Gasteiger partial charge on any atom is -0.477 e. The van der Waals surface area contributed by atoms with E-state index in [1.54, 1.807) is 41.3 Å². The molecule has 2 aromatic heterocycles. The number of fused-ring (bicyclic) bond motifs is 1. The molecule has 5 N–H and O–H groups in total. The largest absolute Gasteiger partial charge is 0.477 e. The molecule has 2 aliphatic rings. The van der Waals surface area contributed by atoms with E-state index >= 15 is 0 Å². The molecule has 38 heavy (non-hydrogen) atoms. The van der Waals surface area contributed by atoms with E-state index in [2.05, 4.69) is 15.5 Å². The van der Waals surface area contributed by atoms with Gasteiger partial charge >= 0.3 is 11.9 Å². The van der Waals surface area contributed by atoms with Gasteiger partial charge in [0.25, 0.3) is 11.8 Å². The lowest BCUT2D eigenvalue weighted by Gasteiger charge is -2.49. The molecule has 0 radical (unpaired) electrons. The average Bonchev–Trinajstić information content (AvgIpc) is 3.31. The minimum absolute atomic E-state index is 0.132. The number of carboxylic acid groups (broad SMARTS) is 2. The first-order chi connectivity index (χ1) is 18.2. The fourth-order valence-electron chi connectivity index (χ4n) is 3.76. The number of carboxylic acids is 2. The van der Waals surface area contributed by atoms with Crippen molar-refractivity contribution in [2.24, 2.45) is 5.16 Å². The number of oxime groups is 1. The summed E-state index contributed by atoms with van der Waals surface area (Å²) in [7, 11) is 0. The second-order valence-corrected chi connectivity index (χ2v) is 10.9. The zero-order valence-electron chi connectivity index (χ0n) is 19.9. The standard InChI is InChI=1S/C22H22N6O7S3/c1-2-35-26-15(12-10-38-22(23)24-12)18(31)25-16-19(32)28-17(21(33)34)11(9-37-20(16)28)8-36-13-5-3-4-6-27(13)7-14(29)30/h3-6,10,16,20H,2,7-9H2,1H3,(H4-,23,24,25,29,30,31,33,34)/p+1/b26-15-/t16-,20-/m1/s1. The van der Waals surface area contributed by atoms with Crippen molar-refractivity contribution in [1.29, 1.82) is 0 Å². The van der Waals surface area contributed by atoms with Gasteiger partial charge in [-0.15, -0.1) is 23.1 Å². The van der Waals surface area contributed by atoms with Crippen molar-refractivity contribution in [3.63, 3.8) is 0 Å². The van der Waals surface area contributed by atoms with E-state index in [4.69, 9.17) is 15.7 Å². The second-order valence-electron chi connectivity index (χ2n) is 7.90. The minimum atomic E-state index is -1.26. The third-order valence-corrected chi connectivity index (χ3v) is 8.57. The van der Waals surface area contributed by atoms with E-state index in [0.29, 0.717) is 16.4 Å². The van der Waals surface area contributed by atoms with Crippen LogP contribution in [0.2, 0.25) is 0 Å². The Kier molecular flexibility index (Phi) is 8.53. The molecule has 4 heterocycles. The average molecular weight is 580 g/mol. The smallest absolute Gasteiger partial charge is 0.370 e. The Balaban J connectivity index is 1.49. The molecule has 0 aromatic carbocycles. The van der Waals surface area contributed by atoms with Crippen LogP contribution in [0.3, 0.4) is 0 Å². The molecule has 0 saturated carbocycles. The number of nitrogens with one attached hydrogen (secondary N) is 1. The molecule has 0 aliphatic carbocycles. The maximum absolute atomic E-state index is 13.0. The lowest BCUT2D eigenvalue weighted by molar-refractivity contribution is -0.722. The highest BCUT2D eigenvalue weighted by Gasteiger charge is 2.54. The summed E-state index contributed by atoms with van der Waals surface area (Å²) in [6.07, 6.45) is 1.63. The number of nitrogens with zero attached hydrogens (tertiary/aromatic N) is 4. The highest BCUT2D eigenvalue weighted by Crippen LogP contribution is 2.41. The number of hydrogen-bond acceptors (Lipinski definition) is 11. The maximum Gasteiger partial charge on any atom is 0.370 e. The first-order valence-corrected chi connectivity index (χ1v) is 14.1. The Hall–Kier alpha value is -3.63. The number of aliphatic carboxylic acids is 2. The fourth-order valence-corrected chi connectivity index (χ4v) is 6.81. The Morgan fingerprint density at radius 2 is 2.16 bits per heavy atom. The van der Waals surface area contributed by atoms with Gasteiger partial charge in [0.1, 0.15) is 29.4 Å². The Bertz CT molecular complexity index is 1340. The summed E-state index contributed by atoms with van der Waals surface area (Å²) >= 11 is 3.72. The summed E-state index contributed by atoms with van der Waals surface area (Å²) in [5, 5.41) is 27.3. The number of carbonyl (C=O) groups excluding carboxylic acids is 2. The number of anilines is 1. The van der Waals surface area contributed by atoms with Crippen LogP contribution in [0.15, 0.2) is 51.2 Å². The van der Waals surface area contributed by atoms with Gasteiger partial charge < -0.3 is 26.1 Å². The number of β-lactam (4-membered cyclic amide) rings is 1. The number of carbonyl (C=O) groups is 4. The molecule has 16 heteroatoms. The highest BCUT2D eigenvalue weighted by molar-refractivity contribution is 8.01. The van der Waals surface area contributed by atoms with Crippen molar-refractivity contribution >= 4 is 69.5 Å². The first kappa shape index (κ1) is 27.4. The number of thioether (sulfide) groups is 2. The van der Waals surface area contributed by atoms with E-state index in [1.165, 1.54) is 28.4 Å². The van der Waals surface area contributed by atoms with E-state index in [1.807, 2.05) is 0 Å². The zero-order valence-corrected chi connectivity index (χ0v) is 22.3. The van der Waals surface area contributed by atoms with Crippen molar-refractivity contribution in [3.8, 4) is 0 Å². The predicted octanol–water partition coefficient (Wildman–Crippen LogP) is 0.369. The molecule has 2 atom stereocenters. The summed E-state index contributed by atoms with van der Waals surface area (Å²) in [6.45, 7) is 1.66. The van der Waals surface area contributed by atoms with E-state index in [0.717, 1.165) is 11.3 Å². The van der Waals surface area contributed by atoms with Gasteiger partial charge in [-0.3, -0.25) is 14.5 Å². The van der Waals surface area contributed by atoms with Crippen LogP contribution in [0.4, 0.5) is 5.13 Å². The van der Waals surface area contributed by atoms with Crippen molar-refractivity contribution in [2.45, 2.75) is 29.9 Å². The fraction of sp³-hybridized carbons (Fsp3) is 0.318. The van der Waals surface area contributed by atoms with Gasteiger partial charge in [0, 0.05) is 29.0 Å². The topological polar surface area (TPSA) is 188 Å². The predicted molar refractivity (Wildman–Crippen MR) is 139 cm³/mol. The summed E-state index contributed by atoms with van der Waals surface area (Å²) < 4.78 is 1.55. The van der Waals surface area contributed by atoms with Crippen LogP contribution in [0.1, 0.15) is 12.6 Å². The third kappa shape index (κ3) is 5.76. The lowest BCUT2D eigenvalue weighted by atomic mass is 10.0. The van der Waals surface area contributed by atoms with Crippen LogP contribution in [-0.4, -0.2) is 79.1 Å². The quantitative estimate of drug-likeness (QED) is 0.0946. The summed E-state index contributed by atoms with van der Waals surface area (Å²) in [5.74, 6) is -2.98. The van der Waals surface area contributed by atoms with Crippen LogP contribution in [0.25, 0.3) is 0 Å². The second kappa shape index (κ2) is 11.8. The number of rotatable bonds is 11. The normalized spacial score (nSPS) is 19.0. The van der Waals surface area contributed by atoms with Crippen LogP contribution in [0, 0.1) is 0 Å².